The second-order valence-electron chi connectivity index (χ2n) is 4.75. The van der Waals surface area contributed by atoms with Gasteiger partial charge in [-0.25, -0.2) is 4.79 Å². The van der Waals surface area contributed by atoms with E-state index in [2.05, 4.69) is 5.32 Å². The summed E-state index contributed by atoms with van der Waals surface area (Å²) in [6.07, 6.45) is 9.91. The van der Waals surface area contributed by atoms with Gasteiger partial charge in [-0.3, -0.25) is 0 Å². The summed E-state index contributed by atoms with van der Waals surface area (Å²) in [6.45, 7) is 0.367. The predicted octanol–water partition coefficient (Wildman–Crippen LogP) is 2.60. The highest BCUT2D eigenvalue weighted by molar-refractivity contribution is 5.67. The number of ether oxygens (including phenoxy) is 1. The molecule has 100 valence electrons. The van der Waals surface area contributed by atoms with Gasteiger partial charge in [-0.2, -0.15) is 0 Å². The highest BCUT2D eigenvalue weighted by Gasteiger charge is 2.13. The van der Waals surface area contributed by atoms with Crippen LogP contribution in [0.3, 0.4) is 0 Å². The Bertz CT molecular complexity index is 199. The van der Waals surface area contributed by atoms with Crippen molar-refractivity contribution in [2.24, 2.45) is 0 Å². The van der Waals surface area contributed by atoms with Crippen molar-refractivity contribution < 1.29 is 14.6 Å². The molecule has 0 aromatic heterocycles. The van der Waals surface area contributed by atoms with Crippen LogP contribution in [0.15, 0.2) is 0 Å². The minimum Gasteiger partial charge on any atom is -0.449 e. The van der Waals surface area contributed by atoms with Gasteiger partial charge in [-0.05, 0) is 12.8 Å². The summed E-state index contributed by atoms with van der Waals surface area (Å²) >= 11 is 0. The number of nitrogens with one attached hydrogen (secondary N) is 1. The van der Waals surface area contributed by atoms with Crippen molar-refractivity contribution in [3.05, 3.63) is 0 Å². The van der Waals surface area contributed by atoms with Crippen molar-refractivity contribution in [3.8, 4) is 0 Å². The van der Waals surface area contributed by atoms with Gasteiger partial charge >= 0.3 is 6.09 Å². The molecule has 0 aromatic carbocycles. The Morgan fingerprint density at radius 1 is 1.12 bits per heavy atom. The highest BCUT2D eigenvalue weighted by atomic mass is 16.5. The van der Waals surface area contributed by atoms with Crippen LogP contribution in [0.5, 0.6) is 0 Å². The Morgan fingerprint density at radius 2 is 1.71 bits per heavy atom. The Labute approximate surface area is 104 Å². The molecule has 0 radical (unpaired) electrons. The zero-order chi connectivity index (χ0) is 12.3. The molecular weight excluding hydrogens is 218 g/mol. The minimum absolute atomic E-state index is 0.0662. The van der Waals surface area contributed by atoms with E-state index < -0.39 is 0 Å². The zero-order valence-electron chi connectivity index (χ0n) is 10.6. The molecule has 1 fully saturated rings. The summed E-state index contributed by atoms with van der Waals surface area (Å²) in [5.74, 6) is 0. The predicted molar refractivity (Wildman–Crippen MR) is 66.9 cm³/mol. The molecule has 17 heavy (non-hydrogen) atoms. The fourth-order valence-corrected chi connectivity index (χ4v) is 2.22. The number of aliphatic hydroxyl groups excluding tert-OH is 1. The molecule has 1 aliphatic rings. The lowest BCUT2D eigenvalue weighted by Gasteiger charge is -2.17. The molecule has 0 spiro atoms. The molecule has 0 aromatic rings. The van der Waals surface area contributed by atoms with Crippen LogP contribution in [0.1, 0.15) is 57.8 Å². The molecule has 1 aliphatic carbocycles. The SMILES string of the molecule is O=C(NC1CCCCCCCC1)OCCCO. The quantitative estimate of drug-likeness (QED) is 0.746. The maximum absolute atomic E-state index is 11.5. The zero-order valence-corrected chi connectivity index (χ0v) is 10.6. The van der Waals surface area contributed by atoms with Crippen LogP contribution in [-0.4, -0.2) is 30.5 Å². The number of alkyl carbamates (subject to hydrolysis) is 1. The number of rotatable bonds is 4. The Hall–Kier alpha value is -0.770. The van der Waals surface area contributed by atoms with E-state index in [9.17, 15) is 4.79 Å². The largest absolute Gasteiger partial charge is 0.449 e. The first-order chi connectivity index (χ1) is 8.33. The smallest absolute Gasteiger partial charge is 0.407 e. The standard InChI is InChI=1S/C13H25NO3/c15-10-7-11-17-13(16)14-12-8-5-3-1-2-4-6-9-12/h12,15H,1-11H2,(H,14,16). The summed E-state index contributed by atoms with van der Waals surface area (Å²) in [7, 11) is 0. The van der Waals surface area contributed by atoms with Gasteiger partial charge in [0.25, 0.3) is 0 Å². The van der Waals surface area contributed by atoms with Crippen LogP contribution in [0, 0.1) is 0 Å². The minimum atomic E-state index is -0.331. The average Bonchev–Trinajstić information content (AvgIpc) is 2.43. The van der Waals surface area contributed by atoms with Crippen LogP contribution in [-0.2, 0) is 4.74 Å². The summed E-state index contributed by atoms with van der Waals surface area (Å²) in [4.78, 5) is 11.5. The summed E-state index contributed by atoms with van der Waals surface area (Å²) in [5.41, 5.74) is 0. The molecular formula is C13H25NO3. The molecule has 0 heterocycles. The highest BCUT2D eigenvalue weighted by Crippen LogP contribution is 2.17. The van der Waals surface area contributed by atoms with Gasteiger partial charge in [-0.1, -0.05) is 38.5 Å². The van der Waals surface area contributed by atoms with Crippen LogP contribution in [0.2, 0.25) is 0 Å². The van der Waals surface area contributed by atoms with Crippen LogP contribution in [0.25, 0.3) is 0 Å². The fraction of sp³-hybridized carbons (Fsp3) is 0.923. The van der Waals surface area contributed by atoms with Gasteiger partial charge in [0.05, 0.1) is 6.61 Å². The van der Waals surface area contributed by atoms with E-state index in [0.29, 0.717) is 13.0 Å². The lowest BCUT2D eigenvalue weighted by Crippen LogP contribution is -2.35. The number of hydrogen-bond acceptors (Lipinski definition) is 3. The Kier molecular flexibility index (Phi) is 7.80. The lowest BCUT2D eigenvalue weighted by molar-refractivity contribution is 0.131. The molecule has 2 N–H and O–H groups in total. The van der Waals surface area contributed by atoms with Crippen molar-refractivity contribution in [1.29, 1.82) is 0 Å². The van der Waals surface area contributed by atoms with Crippen molar-refractivity contribution in [1.82, 2.24) is 5.32 Å². The van der Waals surface area contributed by atoms with E-state index in [1.807, 2.05) is 0 Å². The molecule has 0 aliphatic heterocycles. The van der Waals surface area contributed by atoms with E-state index in [0.717, 1.165) is 12.8 Å². The number of carbonyl (C=O) groups excluding carboxylic acids is 1. The maximum atomic E-state index is 11.5. The van der Waals surface area contributed by atoms with Gasteiger partial charge in [-0.15, -0.1) is 0 Å². The maximum Gasteiger partial charge on any atom is 0.407 e. The first kappa shape index (κ1) is 14.3. The van der Waals surface area contributed by atoms with Crippen LogP contribution >= 0.6 is 0 Å². The van der Waals surface area contributed by atoms with Crippen molar-refractivity contribution in [2.75, 3.05) is 13.2 Å². The van der Waals surface area contributed by atoms with E-state index in [-0.39, 0.29) is 18.7 Å². The third-order valence-electron chi connectivity index (χ3n) is 3.21. The molecule has 1 saturated carbocycles. The second kappa shape index (κ2) is 9.28. The third kappa shape index (κ3) is 7.21. The normalized spacial score (nSPS) is 18.9. The van der Waals surface area contributed by atoms with Crippen molar-refractivity contribution in [2.45, 2.75) is 63.8 Å². The molecule has 0 atom stereocenters. The van der Waals surface area contributed by atoms with Crippen LogP contribution < -0.4 is 5.32 Å². The van der Waals surface area contributed by atoms with Gasteiger partial charge in [0.1, 0.15) is 0 Å². The number of carbonyl (C=O) groups is 1. The van der Waals surface area contributed by atoms with Gasteiger partial charge in [0.15, 0.2) is 0 Å². The number of amides is 1. The summed E-state index contributed by atoms with van der Waals surface area (Å²) in [5, 5.41) is 11.5. The molecule has 1 rings (SSSR count). The average molecular weight is 243 g/mol. The molecule has 0 saturated heterocycles. The molecule has 4 nitrogen and oxygen atoms in total. The molecule has 1 amide bonds. The molecule has 4 heteroatoms. The van der Waals surface area contributed by atoms with E-state index in [4.69, 9.17) is 9.84 Å². The van der Waals surface area contributed by atoms with Crippen molar-refractivity contribution in [3.63, 3.8) is 0 Å². The Morgan fingerprint density at radius 3 is 2.29 bits per heavy atom. The van der Waals surface area contributed by atoms with Gasteiger partial charge < -0.3 is 15.2 Å². The van der Waals surface area contributed by atoms with E-state index >= 15 is 0 Å². The van der Waals surface area contributed by atoms with E-state index in [1.54, 1.807) is 0 Å². The van der Waals surface area contributed by atoms with Crippen LogP contribution in [0.4, 0.5) is 4.79 Å². The second-order valence-corrected chi connectivity index (χ2v) is 4.75. The number of aliphatic hydroxyl groups is 1. The first-order valence-electron chi connectivity index (χ1n) is 6.87. The first-order valence-corrected chi connectivity index (χ1v) is 6.87. The summed E-state index contributed by atoms with van der Waals surface area (Å²) < 4.78 is 4.98. The number of hydrogen-bond donors (Lipinski definition) is 2. The van der Waals surface area contributed by atoms with Crippen molar-refractivity contribution >= 4 is 6.09 Å². The molecule has 0 unspecified atom stereocenters. The topological polar surface area (TPSA) is 58.6 Å². The van der Waals surface area contributed by atoms with E-state index in [1.165, 1.54) is 38.5 Å². The third-order valence-corrected chi connectivity index (χ3v) is 3.21. The Balaban J connectivity index is 2.19. The molecule has 0 bridgehead atoms. The monoisotopic (exact) mass is 243 g/mol. The fourth-order valence-electron chi connectivity index (χ4n) is 2.22. The summed E-state index contributed by atoms with van der Waals surface area (Å²) in [6, 6.07) is 0.273. The van der Waals surface area contributed by atoms with Gasteiger partial charge in [0, 0.05) is 19.1 Å². The lowest BCUT2D eigenvalue weighted by atomic mass is 10.1. The van der Waals surface area contributed by atoms with Gasteiger partial charge in [0.2, 0.25) is 0 Å².